The largest absolute Gasteiger partial charge is 0.277 e. The SMILES string of the molecule is CN1C(=O)c2ccc3c4cccc5c(Br)ccc(c6ccc(c2c36)C1=O)c54. The van der Waals surface area contributed by atoms with E-state index >= 15 is 0 Å². The van der Waals surface area contributed by atoms with Crippen molar-refractivity contribution in [3.05, 3.63) is 70.2 Å². The third-order valence-electron chi connectivity index (χ3n) is 5.80. The minimum absolute atomic E-state index is 0.240. The van der Waals surface area contributed by atoms with Crippen LogP contribution in [0.2, 0.25) is 0 Å². The molecule has 27 heavy (non-hydrogen) atoms. The molecule has 0 saturated heterocycles. The molecule has 0 unspecified atom stereocenters. The monoisotopic (exact) mass is 413 g/mol. The first-order chi connectivity index (χ1) is 13.1. The summed E-state index contributed by atoms with van der Waals surface area (Å²) in [5.41, 5.74) is 1.20. The third kappa shape index (κ3) is 1.67. The fourth-order valence-electron chi connectivity index (χ4n) is 4.57. The number of rotatable bonds is 0. The molecule has 0 N–H and O–H groups in total. The number of carbonyl (C=O) groups is 2. The smallest absolute Gasteiger partial charge is 0.261 e. The predicted molar refractivity (Wildman–Crippen MR) is 112 cm³/mol. The zero-order valence-electron chi connectivity index (χ0n) is 14.3. The molecule has 0 aliphatic carbocycles. The first-order valence-corrected chi connectivity index (χ1v) is 9.51. The highest BCUT2D eigenvalue weighted by molar-refractivity contribution is 9.10. The summed E-state index contributed by atoms with van der Waals surface area (Å²) in [6.45, 7) is 0. The molecule has 5 aromatic rings. The van der Waals surface area contributed by atoms with Gasteiger partial charge in [-0.15, -0.1) is 0 Å². The lowest BCUT2D eigenvalue weighted by molar-refractivity contribution is 0.0651. The zero-order chi connectivity index (χ0) is 18.4. The molecule has 5 aromatic carbocycles. The van der Waals surface area contributed by atoms with Crippen molar-refractivity contribution in [3.8, 4) is 0 Å². The molecule has 128 valence electrons. The van der Waals surface area contributed by atoms with Crippen molar-refractivity contribution in [1.29, 1.82) is 0 Å². The maximum Gasteiger partial charge on any atom is 0.261 e. The molecule has 0 spiro atoms. The fraction of sp³-hybridized carbons (Fsp3) is 0.0435. The zero-order valence-corrected chi connectivity index (χ0v) is 15.9. The normalized spacial score (nSPS) is 14.4. The van der Waals surface area contributed by atoms with Gasteiger partial charge in [0, 0.05) is 28.0 Å². The Balaban J connectivity index is 1.99. The summed E-state index contributed by atoms with van der Waals surface area (Å²) >= 11 is 3.67. The molecule has 1 aliphatic rings. The molecular formula is C23H12BrNO2. The highest BCUT2D eigenvalue weighted by atomic mass is 79.9. The van der Waals surface area contributed by atoms with Gasteiger partial charge >= 0.3 is 0 Å². The molecule has 1 heterocycles. The lowest BCUT2D eigenvalue weighted by Crippen LogP contribution is -2.36. The number of halogens is 1. The molecule has 6 rings (SSSR count). The summed E-state index contributed by atoms with van der Waals surface area (Å²) in [6.07, 6.45) is 0. The van der Waals surface area contributed by atoms with Crippen molar-refractivity contribution in [1.82, 2.24) is 4.90 Å². The van der Waals surface area contributed by atoms with E-state index in [9.17, 15) is 9.59 Å². The van der Waals surface area contributed by atoms with E-state index in [-0.39, 0.29) is 11.8 Å². The quantitative estimate of drug-likeness (QED) is 0.185. The van der Waals surface area contributed by atoms with Gasteiger partial charge in [-0.3, -0.25) is 14.5 Å². The van der Waals surface area contributed by atoms with Crippen molar-refractivity contribution in [2.45, 2.75) is 0 Å². The number of nitrogens with zero attached hydrogens (tertiary/aromatic N) is 1. The van der Waals surface area contributed by atoms with Crippen LogP contribution in [0, 0.1) is 0 Å². The maximum absolute atomic E-state index is 12.7. The van der Waals surface area contributed by atoms with E-state index in [0.29, 0.717) is 11.1 Å². The van der Waals surface area contributed by atoms with Gasteiger partial charge in [-0.2, -0.15) is 0 Å². The van der Waals surface area contributed by atoms with Crippen LogP contribution in [0.25, 0.3) is 43.1 Å². The van der Waals surface area contributed by atoms with E-state index in [2.05, 4.69) is 46.3 Å². The fourth-order valence-corrected chi connectivity index (χ4v) is 5.04. The lowest BCUT2D eigenvalue weighted by Gasteiger charge is -2.25. The van der Waals surface area contributed by atoms with Crippen LogP contribution in [0.5, 0.6) is 0 Å². The number of benzene rings is 5. The van der Waals surface area contributed by atoms with Crippen molar-refractivity contribution >= 4 is 70.8 Å². The summed E-state index contributed by atoms with van der Waals surface area (Å²) < 4.78 is 1.06. The van der Waals surface area contributed by atoms with E-state index in [1.807, 2.05) is 24.3 Å². The van der Waals surface area contributed by atoms with Gasteiger partial charge in [0.15, 0.2) is 0 Å². The molecule has 2 amide bonds. The van der Waals surface area contributed by atoms with Gasteiger partial charge < -0.3 is 0 Å². The Bertz CT molecular complexity index is 1410. The summed E-state index contributed by atoms with van der Waals surface area (Å²) in [4.78, 5) is 26.6. The van der Waals surface area contributed by atoms with Crippen molar-refractivity contribution < 1.29 is 9.59 Å². The first-order valence-electron chi connectivity index (χ1n) is 8.72. The van der Waals surface area contributed by atoms with Crippen molar-refractivity contribution in [3.63, 3.8) is 0 Å². The molecule has 3 nitrogen and oxygen atoms in total. The molecule has 0 aromatic heterocycles. The molecule has 0 saturated carbocycles. The minimum atomic E-state index is -0.240. The number of fused-ring (bicyclic) bond motifs is 2. The molecule has 4 heteroatoms. The average molecular weight is 414 g/mol. The van der Waals surface area contributed by atoms with Gasteiger partial charge in [0.1, 0.15) is 0 Å². The Kier molecular flexibility index (Phi) is 2.71. The summed E-state index contributed by atoms with van der Waals surface area (Å²) in [5.74, 6) is -0.480. The van der Waals surface area contributed by atoms with Crippen LogP contribution in [-0.2, 0) is 0 Å². The van der Waals surface area contributed by atoms with Crippen LogP contribution < -0.4 is 0 Å². The van der Waals surface area contributed by atoms with Crippen LogP contribution in [-0.4, -0.2) is 23.8 Å². The van der Waals surface area contributed by atoms with Gasteiger partial charge in [-0.25, -0.2) is 0 Å². The second-order valence-electron chi connectivity index (χ2n) is 7.06. The average Bonchev–Trinajstić information content (AvgIpc) is 2.70. The Morgan fingerprint density at radius 2 is 1.15 bits per heavy atom. The van der Waals surface area contributed by atoms with Crippen LogP contribution in [0.4, 0.5) is 0 Å². The number of amides is 2. The summed E-state index contributed by atoms with van der Waals surface area (Å²) in [6, 6.07) is 18.2. The van der Waals surface area contributed by atoms with E-state index in [0.717, 1.165) is 42.2 Å². The summed E-state index contributed by atoms with van der Waals surface area (Å²) in [7, 11) is 1.54. The maximum atomic E-state index is 12.7. The standard InChI is InChI=1S/C23H12BrNO2/c1-25-22(26)16-7-5-13-11-3-2-4-15-18(24)10-9-12(19(11)15)14-6-8-17(23(25)27)21(16)20(13)14/h2-10H,1H3. The Morgan fingerprint density at radius 1 is 0.630 bits per heavy atom. The number of carbonyl (C=O) groups excluding carboxylic acids is 2. The highest BCUT2D eigenvalue weighted by Crippen LogP contribution is 2.44. The molecule has 1 aliphatic heterocycles. The topological polar surface area (TPSA) is 37.4 Å². The highest BCUT2D eigenvalue weighted by Gasteiger charge is 2.31. The number of hydrogen-bond donors (Lipinski definition) is 0. The van der Waals surface area contributed by atoms with Gasteiger partial charge in [-0.1, -0.05) is 52.3 Å². The molecule has 0 atom stereocenters. The van der Waals surface area contributed by atoms with E-state index in [1.54, 1.807) is 7.05 Å². The van der Waals surface area contributed by atoms with E-state index in [4.69, 9.17) is 0 Å². The van der Waals surface area contributed by atoms with Gasteiger partial charge in [-0.05, 0) is 55.9 Å². The van der Waals surface area contributed by atoms with E-state index in [1.165, 1.54) is 10.3 Å². The van der Waals surface area contributed by atoms with Crippen LogP contribution >= 0.6 is 15.9 Å². The Hall–Kier alpha value is -2.98. The van der Waals surface area contributed by atoms with Crippen LogP contribution in [0.3, 0.4) is 0 Å². The summed E-state index contributed by atoms with van der Waals surface area (Å²) in [5, 5.41) is 8.58. The van der Waals surface area contributed by atoms with Crippen LogP contribution in [0.1, 0.15) is 20.7 Å². The molecule has 0 bridgehead atoms. The Morgan fingerprint density at radius 3 is 1.81 bits per heavy atom. The third-order valence-corrected chi connectivity index (χ3v) is 6.49. The molecular weight excluding hydrogens is 402 g/mol. The van der Waals surface area contributed by atoms with Gasteiger partial charge in [0.25, 0.3) is 11.8 Å². The van der Waals surface area contributed by atoms with Crippen molar-refractivity contribution in [2.75, 3.05) is 7.05 Å². The van der Waals surface area contributed by atoms with E-state index < -0.39 is 0 Å². The molecule has 0 fully saturated rings. The van der Waals surface area contributed by atoms with Crippen molar-refractivity contribution in [2.24, 2.45) is 0 Å². The number of imide groups is 1. The van der Waals surface area contributed by atoms with Crippen LogP contribution in [0.15, 0.2) is 59.1 Å². The van der Waals surface area contributed by atoms with Gasteiger partial charge in [0.2, 0.25) is 0 Å². The lowest BCUT2D eigenvalue weighted by atomic mass is 9.85. The minimum Gasteiger partial charge on any atom is -0.277 e. The number of hydrogen-bond acceptors (Lipinski definition) is 2. The molecule has 0 radical (unpaired) electrons. The second-order valence-corrected chi connectivity index (χ2v) is 7.92. The predicted octanol–water partition coefficient (Wildman–Crippen LogP) is 5.73. The first kappa shape index (κ1) is 15.1. The van der Waals surface area contributed by atoms with Gasteiger partial charge in [0.05, 0.1) is 0 Å². The second kappa shape index (κ2) is 4.84. The Labute approximate surface area is 162 Å².